The van der Waals surface area contributed by atoms with E-state index in [1.54, 1.807) is 14.0 Å². The van der Waals surface area contributed by atoms with Crippen LogP contribution in [0.4, 0.5) is 0 Å². The summed E-state index contributed by atoms with van der Waals surface area (Å²) in [4.78, 5) is 11.4. The molecular formula is C13H18O3. The van der Waals surface area contributed by atoms with Crippen LogP contribution in [0, 0.1) is 0 Å². The first-order valence-corrected chi connectivity index (χ1v) is 5.45. The maximum Gasteiger partial charge on any atom is 0.163 e. The molecule has 0 amide bonds. The summed E-state index contributed by atoms with van der Waals surface area (Å²) >= 11 is 0. The summed E-state index contributed by atoms with van der Waals surface area (Å²) in [5.41, 5.74) is 0.877. The van der Waals surface area contributed by atoms with Crippen LogP contribution in [0.25, 0.3) is 0 Å². The van der Waals surface area contributed by atoms with Gasteiger partial charge in [-0.2, -0.15) is 0 Å². The molecule has 1 aromatic carbocycles. The molecular weight excluding hydrogens is 204 g/mol. The molecule has 16 heavy (non-hydrogen) atoms. The molecule has 0 N–H and O–H groups in total. The predicted octanol–water partition coefficient (Wildman–Crippen LogP) is 2.75. The van der Waals surface area contributed by atoms with Crippen molar-refractivity contribution >= 4 is 5.78 Å². The molecule has 0 saturated carbocycles. The zero-order valence-electron chi connectivity index (χ0n) is 10.0. The van der Waals surface area contributed by atoms with Crippen molar-refractivity contribution in [3.8, 4) is 5.75 Å². The fourth-order valence-electron chi connectivity index (χ4n) is 1.46. The van der Waals surface area contributed by atoms with Gasteiger partial charge in [0.1, 0.15) is 11.9 Å². The van der Waals surface area contributed by atoms with Crippen LogP contribution in [-0.4, -0.2) is 19.5 Å². The van der Waals surface area contributed by atoms with Crippen LogP contribution < -0.4 is 4.74 Å². The summed E-state index contributed by atoms with van der Waals surface area (Å²) in [5, 5.41) is 0. The van der Waals surface area contributed by atoms with Crippen LogP contribution in [0.5, 0.6) is 5.75 Å². The Bertz CT molecular complexity index is 330. The molecule has 1 unspecified atom stereocenters. The van der Waals surface area contributed by atoms with Crippen LogP contribution in [0.1, 0.15) is 31.9 Å². The van der Waals surface area contributed by atoms with E-state index in [2.05, 4.69) is 0 Å². The second-order valence-electron chi connectivity index (χ2n) is 3.63. The highest BCUT2D eigenvalue weighted by atomic mass is 16.5. The van der Waals surface area contributed by atoms with Gasteiger partial charge in [0.15, 0.2) is 5.78 Å². The Balaban J connectivity index is 2.79. The minimum atomic E-state index is -0.453. The van der Waals surface area contributed by atoms with E-state index in [0.29, 0.717) is 6.61 Å². The van der Waals surface area contributed by atoms with Crippen molar-refractivity contribution in [2.75, 3.05) is 13.7 Å². The number of hydrogen-bond acceptors (Lipinski definition) is 3. The predicted molar refractivity (Wildman–Crippen MR) is 62.7 cm³/mol. The Morgan fingerprint density at radius 2 is 1.94 bits per heavy atom. The van der Waals surface area contributed by atoms with E-state index in [1.165, 1.54) is 0 Å². The van der Waals surface area contributed by atoms with E-state index in [-0.39, 0.29) is 5.78 Å². The number of hydrogen-bond donors (Lipinski definition) is 0. The number of benzene rings is 1. The molecule has 3 heteroatoms. The number of carbonyl (C=O) groups excluding carboxylic acids is 1. The highest BCUT2D eigenvalue weighted by molar-refractivity contribution is 5.81. The molecule has 1 aromatic rings. The van der Waals surface area contributed by atoms with Gasteiger partial charge in [0.05, 0.1) is 7.11 Å². The smallest absolute Gasteiger partial charge is 0.163 e. The average Bonchev–Trinajstić information content (AvgIpc) is 2.30. The molecule has 0 radical (unpaired) electrons. The van der Waals surface area contributed by atoms with Crippen LogP contribution in [0.3, 0.4) is 0 Å². The number of ether oxygens (including phenoxy) is 2. The second-order valence-corrected chi connectivity index (χ2v) is 3.63. The van der Waals surface area contributed by atoms with E-state index in [9.17, 15) is 4.79 Å². The van der Waals surface area contributed by atoms with E-state index >= 15 is 0 Å². The van der Waals surface area contributed by atoms with Crippen molar-refractivity contribution in [3.63, 3.8) is 0 Å². The lowest BCUT2D eigenvalue weighted by Gasteiger charge is -2.15. The van der Waals surface area contributed by atoms with Crippen molar-refractivity contribution in [2.45, 2.75) is 26.4 Å². The lowest BCUT2D eigenvalue weighted by molar-refractivity contribution is -0.128. The number of methoxy groups -OCH3 is 1. The molecule has 1 rings (SSSR count). The number of rotatable bonds is 6. The first-order chi connectivity index (χ1) is 7.69. The Morgan fingerprint density at radius 1 is 1.31 bits per heavy atom. The summed E-state index contributed by atoms with van der Waals surface area (Å²) < 4.78 is 10.6. The van der Waals surface area contributed by atoms with E-state index in [4.69, 9.17) is 9.47 Å². The van der Waals surface area contributed by atoms with Crippen LogP contribution in [0.15, 0.2) is 24.3 Å². The van der Waals surface area contributed by atoms with Gasteiger partial charge in [-0.25, -0.2) is 0 Å². The zero-order chi connectivity index (χ0) is 12.0. The number of carbonyl (C=O) groups is 1. The van der Waals surface area contributed by atoms with Crippen LogP contribution in [-0.2, 0) is 9.53 Å². The van der Waals surface area contributed by atoms with Crippen molar-refractivity contribution in [1.29, 1.82) is 0 Å². The SMILES string of the molecule is CCCOC(C(C)=O)c1ccc(OC)cc1. The molecule has 0 saturated heterocycles. The van der Waals surface area contributed by atoms with Gasteiger partial charge in [-0.15, -0.1) is 0 Å². The van der Waals surface area contributed by atoms with Crippen molar-refractivity contribution in [3.05, 3.63) is 29.8 Å². The van der Waals surface area contributed by atoms with E-state index in [1.807, 2.05) is 31.2 Å². The topological polar surface area (TPSA) is 35.5 Å². The largest absolute Gasteiger partial charge is 0.497 e. The summed E-state index contributed by atoms with van der Waals surface area (Å²) in [6, 6.07) is 7.39. The van der Waals surface area contributed by atoms with E-state index in [0.717, 1.165) is 17.7 Å². The molecule has 0 fully saturated rings. The Kier molecular flexibility index (Phi) is 4.99. The molecule has 88 valence electrons. The lowest BCUT2D eigenvalue weighted by Crippen LogP contribution is -2.13. The third-order valence-corrected chi connectivity index (χ3v) is 2.28. The van der Waals surface area contributed by atoms with Crippen molar-refractivity contribution in [2.24, 2.45) is 0 Å². The standard InChI is InChI=1S/C13H18O3/c1-4-9-16-13(10(2)14)11-5-7-12(15-3)8-6-11/h5-8,13H,4,9H2,1-3H3. The van der Waals surface area contributed by atoms with Gasteiger partial charge >= 0.3 is 0 Å². The molecule has 1 atom stereocenters. The second kappa shape index (κ2) is 6.28. The van der Waals surface area contributed by atoms with E-state index < -0.39 is 6.10 Å². The number of Topliss-reactive ketones (excluding diaryl/α,β-unsaturated/α-hetero) is 1. The van der Waals surface area contributed by atoms with Gasteiger partial charge in [-0.1, -0.05) is 19.1 Å². The zero-order valence-corrected chi connectivity index (χ0v) is 10.0. The molecule has 0 aromatic heterocycles. The summed E-state index contributed by atoms with van der Waals surface area (Å²) in [6.07, 6.45) is 0.450. The van der Waals surface area contributed by atoms with Crippen LogP contribution >= 0.6 is 0 Å². The maximum absolute atomic E-state index is 11.4. The molecule has 0 bridgehead atoms. The number of ketones is 1. The fourth-order valence-corrected chi connectivity index (χ4v) is 1.46. The van der Waals surface area contributed by atoms with Gasteiger partial charge in [-0.05, 0) is 31.0 Å². The Labute approximate surface area is 96.4 Å². The minimum Gasteiger partial charge on any atom is -0.497 e. The first-order valence-electron chi connectivity index (χ1n) is 5.45. The fraction of sp³-hybridized carbons (Fsp3) is 0.462. The molecule has 0 aliphatic heterocycles. The molecule has 0 aliphatic carbocycles. The van der Waals surface area contributed by atoms with Gasteiger partial charge in [-0.3, -0.25) is 4.79 Å². The molecule has 0 heterocycles. The van der Waals surface area contributed by atoms with Gasteiger partial charge in [0, 0.05) is 6.61 Å². The highest BCUT2D eigenvalue weighted by Gasteiger charge is 2.16. The lowest BCUT2D eigenvalue weighted by atomic mass is 10.1. The monoisotopic (exact) mass is 222 g/mol. The average molecular weight is 222 g/mol. The third-order valence-electron chi connectivity index (χ3n) is 2.28. The molecule has 0 aliphatic rings. The summed E-state index contributed by atoms with van der Waals surface area (Å²) in [7, 11) is 1.62. The van der Waals surface area contributed by atoms with Gasteiger partial charge < -0.3 is 9.47 Å². The first kappa shape index (κ1) is 12.7. The third kappa shape index (κ3) is 3.35. The normalized spacial score (nSPS) is 12.2. The Hall–Kier alpha value is -1.35. The van der Waals surface area contributed by atoms with Crippen LogP contribution in [0.2, 0.25) is 0 Å². The Morgan fingerprint density at radius 3 is 2.38 bits per heavy atom. The minimum absolute atomic E-state index is 0.0265. The maximum atomic E-state index is 11.4. The van der Waals surface area contributed by atoms with Crippen molar-refractivity contribution in [1.82, 2.24) is 0 Å². The molecule has 0 spiro atoms. The summed E-state index contributed by atoms with van der Waals surface area (Å²) in [6.45, 7) is 4.16. The summed E-state index contributed by atoms with van der Waals surface area (Å²) in [5.74, 6) is 0.806. The highest BCUT2D eigenvalue weighted by Crippen LogP contribution is 2.21. The van der Waals surface area contributed by atoms with Gasteiger partial charge in [0.25, 0.3) is 0 Å². The quantitative estimate of drug-likeness (QED) is 0.742. The molecule has 3 nitrogen and oxygen atoms in total. The van der Waals surface area contributed by atoms with Crippen molar-refractivity contribution < 1.29 is 14.3 Å². The van der Waals surface area contributed by atoms with Gasteiger partial charge in [0.2, 0.25) is 0 Å².